The number of nitrogens with two attached hydrogens (primary N) is 1. The fourth-order valence-corrected chi connectivity index (χ4v) is 2.24. The van der Waals surface area contributed by atoms with Crippen molar-refractivity contribution in [3.05, 3.63) is 65.5 Å². The van der Waals surface area contributed by atoms with E-state index in [4.69, 9.17) is 10.5 Å². The molecule has 0 spiro atoms. The van der Waals surface area contributed by atoms with E-state index in [1.54, 1.807) is 12.1 Å². The molecule has 21 heavy (non-hydrogen) atoms. The van der Waals surface area contributed by atoms with Gasteiger partial charge in [-0.15, -0.1) is 0 Å². The Morgan fingerprint density at radius 2 is 1.95 bits per heavy atom. The molecule has 3 rings (SSSR count). The second-order valence-electron chi connectivity index (χ2n) is 4.85. The van der Waals surface area contributed by atoms with Crippen molar-refractivity contribution in [3.63, 3.8) is 0 Å². The average Bonchev–Trinajstić information content (AvgIpc) is 2.50. The van der Waals surface area contributed by atoms with Crippen LogP contribution in [-0.4, -0.2) is 4.98 Å². The lowest BCUT2D eigenvalue weighted by molar-refractivity contribution is 0.456. The van der Waals surface area contributed by atoms with Crippen molar-refractivity contribution in [3.8, 4) is 11.6 Å². The van der Waals surface area contributed by atoms with Crippen LogP contribution in [0.2, 0.25) is 0 Å². The third-order valence-corrected chi connectivity index (χ3v) is 3.36. The van der Waals surface area contributed by atoms with Gasteiger partial charge in [-0.05, 0) is 30.2 Å². The molecule has 0 aliphatic rings. The third kappa shape index (κ3) is 2.71. The van der Waals surface area contributed by atoms with Gasteiger partial charge in [0, 0.05) is 24.1 Å². The quantitative estimate of drug-likeness (QED) is 0.791. The Labute approximate surface area is 122 Å². The van der Waals surface area contributed by atoms with E-state index >= 15 is 0 Å². The molecule has 1 heterocycles. The van der Waals surface area contributed by atoms with Gasteiger partial charge < -0.3 is 10.5 Å². The summed E-state index contributed by atoms with van der Waals surface area (Å²) >= 11 is 0. The number of nitrogens with zero attached hydrogens (tertiary/aromatic N) is 1. The summed E-state index contributed by atoms with van der Waals surface area (Å²) in [6.07, 6.45) is 0. The van der Waals surface area contributed by atoms with Crippen LogP contribution in [0.15, 0.2) is 48.5 Å². The van der Waals surface area contributed by atoms with Crippen LogP contribution in [0.25, 0.3) is 10.9 Å². The van der Waals surface area contributed by atoms with Crippen LogP contribution in [0.3, 0.4) is 0 Å². The van der Waals surface area contributed by atoms with Gasteiger partial charge in [0.1, 0.15) is 11.6 Å². The highest BCUT2D eigenvalue weighted by molar-refractivity contribution is 5.82. The van der Waals surface area contributed by atoms with E-state index in [2.05, 4.69) is 4.98 Å². The summed E-state index contributed by atoms with van der Waals surface area (Å²) < 4.78 is 19.1. The molecule has 106 valence electrons. The van der Waals surface area contributed by atoms with E-state index in [1.807, 2.05) is 31.2 Å². The minimum Gasteiger partial charge on any atom is -0.439 e. The highest BCUT2D eigenvalue weighted by Crippen LogP contribution is 2.28. The molecular weight excluding hydrogens is 267 g/mol. The summed E-state index contributed by atoms with van der Waals surface area (Å²) in [5.74, 6) is 0.541. The molecule has 1 aromatic heterocycles. The molecule has 0 unspecified atom stereocenters. The van der Waals surface area contributed by atoms with Crippen LogP contribution >= 0.6 is 0 Å². The molecular formula is C17H15FN2O. The molecule has 3 aromatic rings. The zero-order chi connectivity index (χ0) is 14.8. The van der Waals surface area contributed by atoms with Crippen molar-refractivity contribution < 1.29 is 9.13 Å². The Bertz CT molecular complexity index is 802. The monoisotopic (exact) mass is 282 g/mol. The van der Waals surface area contributed by atoms with Crippen molar-refractivity contribution in [2.45, 2.75) is 13.5 Å². The van der Waals surface area contributed by atoms with Gasteiger partial charge in [0.2, 0.25) is 5.88 Å². The number of halogens is 1. The molecule has 2 N–H and O–H groups in total. The first-order valence-electron chi connectivity index (χ1n) is 6.70. The summed E-state index contributed by atoms with van der Waals surface area (Å²) in [6.45, 7) is 2.25. The maximum atomic E-state index is 13.3. The summed E-state index contributed by atoms with van der Waals surface area (Å²) in [7, 11) is 0. The van der Waals surface area contributed by atoms with Gasteiger partial charge in [0.25, 0.3) is 0 Å². The van der Waals surface area contributed by atoms with Crippen LogP contribution in [0, 0.1) is 12.7 Å². The number of aromatic nitrogens is 1. The summed E-state index contributed by atoms with van der Waals surface area (Å²) in [5.41, 5.74) is 8.40. The lowest BCUT2D eigenvalue weighted by Gasteiger charge is -2.11. The predicted molar refractivity (Wildman–Crippen MR) is 80.8 cm³/mol. The maximum absolute atomic E-state index is 13.3. The van der Waals surface area contributed by atoms with Gasteiger partial charge in [-0.25, -0.2) is 9.37 Å². The lowest BCUT2D eigenvalue weighted by atomic mass is 10.1. The molecule has 0 aliphatic heterocycles. The van der Waals surface area contributed by atoms with Crippen molar-refractivity contribution in [1.29, 1.82) is 0 Å². The Morgan fingerprint density at radius 1 is 1.14 bits per heavy atom. The SMILES string of the molecule is Cc1ccc(F)cc1Oc1cc(CN)c2ccccc2n1. The van der Waals surface area contributed by atoms with Gasteiger partial charge in [-0.1, -0.05) is 24.3 Å². The molecule has 0 radical (unpaired) electrons. The molecule has 0 atom stereocenters. The number of para-hydroxylation sites is 1. The molecule has 0 saturated heterocycles. The Kier molecular flexibility index (Phi) is 3.54. The first-order chi connectivity index (χ1) is 10.2. The number of ether oxygens (including phenoxy) is 1. The average molecular weight is 282 g/mol. The van der Waals surface area contributed by atoms with Crippen molar-refractivity contribution in [2.75, 3.05) is 0 Å². The van der Waals surface area contributed by atoms with Gasteiger partial charge in [0.15, 0.2) is 0 Å². The molecule has 4 heteroatoms. The second kappa shape index (κ2) is 5.50. The predicted octanol–water partition coefficient (Wildman–Crippen LogP) is 3.93. The molecule has 3 nitrogen and oxygen atoms in total. The molecule has 0 bridgehead atoms. The van der Waals surface area contributed by atoms with Crippen LogP contribution < -0.4 is 10.5 Å². The highest BCUT2D eigenvalue weighted by Gasteiger charge is 2.08. The van der Waals surface area contributed by atoms with Crippen LogP contribution in [0.5, 0.6) is 11.6 Å². The van der Waals surface area contributed by atoms with Gasteiger partial charge in [0.05, 0.1) is 5.52 Å². The molecule has 0 saturated carbocycles. The molecule has 2 aromatic carbocycles. The van der Waals surface area contributed by atoms with Gasteiger partial charge >= 0.3 is 0 Å². The number of rotatable bonds is 3. The fourth-order valence-electron chi connectivity index (χ4n) is 2.24. The number of benzene rings is 2. The fraction of sp³-hybridized carbons (Fsp3) is 0.118. The van der Waals surface area contributed by atoms with Gasteiger partial charge in [-0.3, -0.25) is 0 Å². The van der Waals surface area contributed by atoms with Crippen LogP contribution in [0.1, 0.15) is 11.1 Å². The number of hydrogen-bond acceptors (Lipinski definition) is 3. The summed E-state index contributed by atoms with van der Waals surface area (Å²) in [4.78, 5) is 4.45. The standard InChI is InChI=1S/C17H15FN2O/c1-11-6-7-13(18)9-16(11)21-17-8-12(10-19)14-4-2-3-5-15(14)20-17/h2-9H,10,19H2,1H3. The van der Waals surface area contributed by atoms with E-state index in [0.717, 1.165) is 22.0 Å². The Balaban J connectivity index is 2.06. The number of fused-ring (bicyclic) bond motifs is 1. The van der Waals surface area contributed by atoms with Gasteiger partial charge in [-0.2, -0.15) is 0 Å². The zero-order valence-corrected chi connectivity index (χ0v) is 11.6. The van der Waals surface area contributed by atoms with E-state index < -0.39 is 0 Å². The highest BCUT2D eigenvalue weighted by atomic mass is 19.1. The Morgan fingerprint density at radius 3 is 2.76 bits per heavy atom. The molecule has 0 aliphatic carbocycles. The summed E-state index contributed by atoms with van der Waals surface area (Å²) in [6, 6.07) is 14.0. The lowest BCUT2D eigenvalue weighted by Crippen LogP contribution is -2.00. The van der Waals surface area contributed by atoms with Crippen LogP contribution in [0.4, 0.5) is 4.39 Å². The normalized spacial score (nSPS) is 10.8. The first-order valence-corrected chi connectivity index (χ1v) is 6.70. The minimum atomic E-state index is -0.338. The topological polar surface area (TPSA) is 48.1 Å². The van der Waals surface area contributed by atoms with Crippen molar-refractivity contribution in [2.24, 2.45) is 5.73 Å². The molecule has 0 fully saturated rings. The number of hydrogen-bond donors (Lipinski definition) is 1. The third-order valence-electron chi connectivity index (χ3n) is 3.36. The van der Waals surface area contributed by atoms with Crippen molar-refractivity contribution in [1.82, 2.24) is 4.98 Å². The first kappa shape index (κ1) is 13.5. The van der Waals surface area contributed by atoms with Crippen LogP contribution in [-0.2, 0) is 6.54 Å². The van der Waals surface area contributed by atoms with E-state index in [0.29, 0.717) is 18.2 Å². The number of pyridine rings is 1. The Hall–Kier alpha value is -2.46. The van der Waals surface area contributed by atoms with Crippen molar-refractivity contribution >= 4 is 10.9 Å². The van der Waals surface area contributed by atoms with E-state index in [-0.39, 0.29) is 5.82 Å². The summed E-state index contributed by atoms with van der Waals surface area (Å²) in [5, 5.41) is 1.00. The minimum absolute atomic E-state index is 0.338. The van der Waals surface area contributed by atoms with E-state index in [1.165, 1.54) is 12.1 Å². The largest absolute Gasteiger partial charge is 0.439 e. The smallest absolute Gasteiger partial charge is 0.220 e. The maximum Gasteiger partial charge on any atom is 0.220 e. The second-order valence-corrected chi connectivity index (χ2v) is 4.85. The number of aryl methyl sites for hydroxylation is 1. The van der Waals surface area contributed by atoms with E-state index in [9.17, 15) is 4.39 Å². The molecule has 0 amide bonds. The zero-order valence-electron chi connectivity index (χ0n) is 11.6.